The summed E-state index contributed by atoms with van der Waals surface area (Å²) >= 11 is 1.75. The van der Waals surface area contributed by atoms with Gasteiger partial charge in [-0.3, -0.25) is 4.90 Å². The summed E-state index contributed by atoms with van der Waals surface area (Å²) in [6.45, 7) is 5.90. The van der Waals surface area contributed by atoms with Gasteiger partial charge in [-0.25, -0.2) is 4.98 Å². The monoisotopic (exact) mass is 306 g/mol. The zero-order chi connectivity index (χ0) is 15.4. The number of hydrogen-bond donors (Lipinski definition) is 0. The first-order chi connectivity index (χ1) is 10.0. The van der Waals surface area contributed by atoms with Crippen LogP contribution in [0.3, 0.4) is 0 Å². The fraction of sp³-hybridized carbons (Fsp3) is 0.438. The third kappa shape index (κ3) is 3.95. The number of aryl methyl sites for hydroxylation is 2. The highest BCUT2D eigenvalue weighted by molar-refractivity contribution is 7.11. The van der Waals surface area contributed by atoms with Crippen LogP contribution >= 0.6 is 11.3 Å². The minimum atomic E-state index is 0.777. The van der Waals surface area contributed by atoms with Gasteiger partial charge in [-0.05, 0) is 44.2 Å². The van der Waals surface area contributed by atoms with Gasteiger partial charge in [-0.15, -0.1) is 11.3 Å². The quantitative estimate of drug-likeness (QED) is 0.819. The maximum absolute atomic E-state index is 5.38. The third-order valence-corrected chi connectivity index (χ3v) is 4.27. The van der Waals surface area contributed by atoms with Crippen molar-refractivity contribution in [1.29, 1.82) is 0 Å². The van der Waals surface area contributed by atoms with Gasteiger partial charge in [0, 0.05) is 24.2 Å². The van der Waals surface area contributed by atoms with Crippen molar-refractivity contribution in [3.8, 4) is 11.5 Å². The number of methoxy groups -OCH3 is 2. The van der Waals surface area contributed by atoms with E-state index in [-0.39, 0.29) is 0 Å². The number of aromatic nitrogens is 1. The van der Waals surface area contributed by atoms with Gasteiger partial charge >= 0.3 is 0 Å². The van der Waals surface area contributed by atoms with Gasteiger partial charge in [-0.2, -0.15) is 0 Å². The molecule has 2 aromatic rings. The molecule has 0 aliphatic rings. The van der Waals surface area contributed by atoms with Crippen LogP contribution in [0.15, 0.2) is 18.3 Å². The molecule has 0 amide bonds. The molecule has 1 aromatic heterocycles. The Kier molecular flexibility index (Phi) is 5.20. The highest BCUT2D eigenvalue weighted by Gasteiger charge is 2.11. The van der Waals surface area contributed by atoms with Crippen molar-refractivity contribution in [2.24, 2.45) is 0 Å². The van der Waals surface area contributed by atoms with E-state index < -0.39 is 0 Å². The molecule has 1 aromatic carbocycles. The fourth-order valence-electron chi connectivity index (χ4n) is 2.28. The van der Waals surface area contributed by atoms with Crippen molar-refractivity contribution in [2.45, 2.75) is 26.9 Å². The number of nitrogens with zero attached hydrogens (tertiary/aromatic N) is 2. The van der Waals surface area contributed by atoms with Gasteiger partial charge in [0.2, 0.25) is 0 Å². The van der Waals surface area contributed by atoms with Crippen molar-refractivity contribution in [3.63, 3.8) is 0 Å². The van der Waals surface area contributed by atoms with Crippen molar-refractivity contribution in [3.05, 3.63) is 39.3 Å². The molecule has 21 heavy (non-hydrogen) atoms. The van der Waals surface area contributed by atoms with E-state index >= 15 is 0 Å². The minimum absolute atomic E-state index is 0.777. The van der Waals surface area contributed by atoms with E-state index in [2.05, 4.69) is 29.9 Å². The first kappa shape index (κ1) is 15.8. The fourth-order valence-corrected chi connectivity index (χ4v) is 3.16. The predicted molar refractivity (Wildman–Crippen MR) is 86.3 cm³/mol. The molecule has 2 rings (SSSR count). The van der Waals surface area contributed by atoms with Crippen LogP contribution in [0, 0.1) is 13.8 Å². The van der Waals surface area contributed by atoms with Gasteiger partial charge in [0.25, 0.3) is 0 Å². The summed E-state index contributed by atoms with van der Waals surface area (Å²) in [5.41, 5.74) is 2.45. The largest absolute Gasteiger partial charge is 0.493 e. The van der Waals surface area contributed by atoms with Gasteiger partial charge in [0.15, 0.2) is 11.5 Å². The molecule has 4 nitrogen and oxygen atoms in total. The standard InChI is InChI=1S/C16H22N2O2S/c1-11-6-15(19-4)16(20-5)7-13(11)9-18(3)10-14-8-17-12(2)21-14/h6-8H,9-10H2,1-5H3. The molecular formula is C16H22N2O2S. The Morgan fingerprint density at radius 1 is 1.10 bits per heavy atom. The number of rotatable bonds is 6. The molecule has 1 heterocycles. The third-order valence-electron chi connectivity index (χ3n) is 3.38. The van der Waals surface area contributed by atoms with Crippen LogP contribution in [0.5, 0.6) is 11.5 Å². The maximum Gasteiger partial charge on any atom is 0.161 e. The lowest BCUT2D eigenvalue weighted by molar-refractivity contribution is 0.318. The van der Waals surface area contributed by atoms with E-state index in [4.69, 9.17) is 9.47 Å². The second-order valence-corrected chi connectivity index (χ2v) is 6.47. The number of thiazole rings is 1. The Bertz CT molecular complexity index is 610. The van der Waals surface area contributed by atoms with Crippen LogP contribution in [0.2, 0.25) is 0 Å². The summed E-state index contributed by atoms with van der Waals surface area (Å²) in [5.74, 6) is 1.56. The summed E-state index contributed by atoms with van der Waals surface area (Å²) in [5, 5.41) is 1.11. The molecule has 0 atom stereocenters. The zero-order valence-corrected chi connectivity index (χ0v) is 14.1. The Morgan fingerprint density at radius 3 is 2.33 bits per heavy atom. The van der Waals surface area contributed by atoms with Crippen molar-refractivity contribution < 1.29 is 9.47 Å². The van der Waals surface area contributed by atoms with Crippen LogP contribution in [-0.4, -0.2) is 31.2 Å². The second kappa shape index (κ2) is 6.91. The summed E-state index contributed by atoms with van der Waals surface area (Å²) in [6.07, 6.45) is 1.96. The molecule has 0 bridgehead atoms. The van der Waals surface area contributed by atoms with Gasteiger partial charge in [0.1, 0.15) is 0 Å². The summed E-state index contributed by atoms with van der Waals surface area (Å²) in [6, 6.07) is 4.08. The predicted octanol–water partition coefficient (Wildman–Crippen LogP) is 3.41. The first-order valence-corrected chi connectivity index (χ1v) is 7.66. The van der Waals surface area contributed by atoms with Crippen LogP contribution < -0.4 is 9.47 Å². The SMILES string of the molecule is COc1cc(C)c(CN(C)Cc2cnc(C)s2)cc1OC. The Morgan fingerprint density at radius 2 is 1.76 bits per heavy atom. The molecule has 0 spiro atoms. The number of ether oxygens (including phenoxy) is 2. The molecular weight excluding hydrogens is 284 g/mol. The van der Waals surface area contributed by atoms with E-state index in [1.54, 1.807) is 25.6 Å². The molecule has 114 valence electrons. The second-order valence-electron chi connectivity index (χ2n) is 5.15. The Balaban J connectivity index is 2.11. The van der Waals surface area contributed by atoms with Crippen LogP contribution in [0.4, 0.5) is 0 Å². The van der Waals surface area contributed by atoms with E-state index in [1.165, 1.54) is 16.0 Å². The van der Waals surface area contributed by atoms with Crippen LogP contribution in [0.25, 0.3) is 0 Å². The molecule has 0 N–H and O–H groups in total. The molecule has 0 aliphatic heterocycles. The highest BCUT2D eigenvalue weighted by Crippen LogP contribution is 2.30. The average Bonchev–Trinajstić information content (AvgIpc) is 2.85. The van der Waals surface area contributed by atoms with E-state index in [0.717, 1.165) is 29.6 Å². The van der Waals surface area contributed by atoms with E-state index in [9.17, 15) is 0 Å². The lowest BCUT2D eigenvalue weighted by atomic mass is 10.1. The average molecular weight is 306 g/mol. The zero-order valence-electron chi connectivity index (χ0n) is 13.3. The lowest BCUT2D eigenvalue weighted by Crippen LogP contribution is -2.17. The molecule has 5 heteroatoms. The summed E-state index contributed by atoms with van der Waals surface area (Å²) in [7, 11) is 5.45. The smallest absolute Gasteiger partial charge is 0.161 e. The topological polar surface area (TPSA) is 34.6 Å². The number of benzene rings is 1. The van der Waals surface area contributed by atoms with Gasteiger partial charge < -0.3 is 9.47 Å². The minimum Gasteiger partial charge on any atom is -0.493 e. The summed E-state index contributed by atoms with van der Waals surface area (Å²) in [4.78, 5) is 7.86. The molecule has 0 saturated carbocycles. The van der Waals surface area contributed by atoms with Gasteiger partial charge in [-0.1, -0.05) is 0 Å². The van der Waals surface area contributed by atoms with Crippen molar-refractivity contribution in [2.75, 3.05) is 21.3 Å². The van der Waals surface area contributed by atoms with Crippen molar-refractivity contribution >= 4 is 11.3 Å². The molecule has 0 saturated heterocycles. The summed E-state index contributed by atoms with van der Waals surface area (Å²) < 4.78 is 10.7. The normalized spacial score (nSPS) is 11.0. The molecule has 0 aliphatic carbocycles. The van der Waals surface area contributed by atoms with Gasteiger partial charge in [0.05, 0.1) is 19.2 Å². The van der Waals surface area contributed by atoms with Crippen LogP contribution in [-0.2, 0) is 13.1 Å². The Labute approximate surface area is 130 Å². The molecule has 0 fully saturated rings. The molecule has 0 radical (unpaired) electrons. The van der Waals surface area contributed by atoms with E-state index in [0.29, 0.717) is 0 Å². The molecule has 0 unspecified atom stereocenters. The highest BCUT2D eigenvalue weighted by atomic mass is 32.1. The van der Waals surface area contributed by atoms with Crippen molar-refractivity contribution in [1.82, 2.24) is 9.88 Å². The first-order valence-electron chi connectivity index (χ1n) is 6.84. The maximum atomic E-state index is 5.38. The van der Waals surface area contributed by atoms with Crippen LogP contribution in [0.1, 0.15) is 21.0 Å². The number of hydrogen-bond acceptors (Lipinski definition) is 5. The Hall–Kier alpha value is -1.59. The lowest BCUT2D eigenvalue weighted by Gasteiger charge is -2.19. The van der Waals surface area contributed by atoms with E-state index in [1.807, 2.05) is 19.2 Å².